The summed E-state index contributed by atoms with van der Waals surface area (Å²) in [5, 5.41) is 3.48. The number of aromatic nitrogens is 2. The second-order valence-electron chi connectivity index (χ2n) is 8.90. The van der Waals surface area contributed by atoms with Crippen LogP contribution in [0.5, 0.6) is 0 Å². The molecule has 2 atom stereocenters. The van der Waals surface area contributed by atoms with Crippen LogP contribution < -0.4 is 10.2 Å². The third-order valence-corrected chi connectivity index (χ3v) is 6.62. The van der Waals surface area contributed by atoms with Gasteiger partial charge in [0.05, 0.1) is 12.7 Å². The van der Waals surface area contributed by atoms with Crippen LogP contribution in [0.3, 0.4) is 0 Å². The van der Waals surface area contributed by atoms with E-state index in [0.29, 0.717) is 23.9 Å². The van der Waals surface area contributed by atoms with E-state index >= 15 is 0 Å². The third kappa shape index (κ3) is 6.07. The first-order valence-electron chi connectivity index (χ1n) is 11.8. The number of carbonyl (C=O) groups excluding carboxylic acids is 2. The van der Waals surface area contributed by atoms with Crippen LogP contribution in [-0.4, -0.2) is 66.1 Å². The number of methoxy groups -OCH3 is 1. The molecule has 3 heterocycles. The summed E-state index contributed by atoms with van der Waals surface area (Å²) < 4.78 is 4.74. The lowest BCUT2D eigenvalue weighted by Crippen LogP contribution is -2.44. The Morgan fingerprint density at radius 3 is 2.73 bits per heavy atom. The minimum atomic E-state index is -0.321. The highest BCUT2D eigenvalue weighted by atomic mass is 16.5. The minimum absolute atomic E-state index is 0.284. The van der Waals surface area contributed by atoms with Crippen LogP contribution >= 0.6 is 0 Å². The fraction of sp³-hybridized carbons (Fsp3) is 0.520. The van der Waals surface area contributed by atoms with Gasteiger partial charge in [-0.05, 0) is 61.9 Å². The Kier molecular flexibility index (Phi) is 7.88. The van der Waals surface area contributed by atoms with Gasteiger partial charge in [0.15, 0.2) is 0 Å². The SMILES string of the molecule is COC(=O)c1ccc(CNCC[C@H]2CCC(=O)N2C[C@@H]2CCCN(c3ncccn3)C2)cc1. The van der Waals surface area contributed by atoms with E-state index in [1.807, 2.05) is 18.2 Å². The maximum Gasteiger partial charge on any atom is 0.337 e. The van der Waals surface area contributed by atoms with Crippen LogP contribution in [0.15, 0.2) is 42.7 Å². The number of nitrogens with zero attached hydrogens (tertiary/aromatic N) is 4. The summed E-state index contributed by atoms with van der Waals surface area (Å²) in [5.41, 5.74) is 1.67. The van der Waals surface area contributed by atoms with E-state index < -0.39 is 0 Å². The van der Waals surface area contributed by atoms with Gasteiger partial charge in [0.1, 0.15) is 0 Å². The molecule has 0 saturated carbocycles. The van der Waals surface area contributed by atoms with Gasteiger partial charge in [0.2, 0.25) is 11.9 Å². The quantitative estimate of drug-likeness (QED) is 0.463. The van der Waals surface area contributed by atoms with Gasteiger partial charge in [0.25, 0.3) is 0 Å². The molecule has 0 unspecified atom stereocenters. The van der Waals surface area contributed by atoms with Gasteiger partial charge >= 0.3 is 5.97 Å². The highest BCUT2D eigenvalue weighted by Crippen LogP contribution is 2.26. The molecule has 8 nitrogen and oxygen atoms in total. The predicted octanol–water partition coefficient (Wildman–Crippen LogP) is 2.65. The Bertz CT molecular complexity index is 921. The number of carbonyl (C=O) groups is 2. The van der Waals surface area contributed by atoms with Crippen LogP contribution in [0.1, 0.15) is 48.0 Å². The fourth-order valence-corrected chi connectivity index (χ4v) is 4.85. The maximum absolute atomic E-state index is 12.6. The van der Waals surface area contributed by atoms with Crippen molar-refractivity contribution in [3.63, 3.8) is 0 Å². The summed E-state index contributed by atoms with van der Waals surface area (Å²) in [5.74, 6) is 1.20. The molecule has 2 aliphatic rings. The van der Waals surface area contributed by atoms with Gasteiger partial charge in [-0.15, -0.1) is 0 Å². The summed E-state index contributed by atoms with van der Waals surface area (Å²) in [4.78, 5) is 37.3. The first-order chi connectivity index (χ1) is 16.1. The molecule has 0 aliphatic carbocycles. The number of amides is 1. The predicted molar refractivity (Wildman–Crippen MR) is 126 cm³/mol. The molecule has 1 N–H and O–H groups in total. The Morgan fingerprint density at radius 1 is 1.18 bits per heavy atom. The van der Waals surface area contributed by atoms with Crippen molar-refractivity contribution in [1.82, 2.24) is 20.2 Å². The fourth-order valence-electron chi connectivity index (χ4n) is 4.85. The van der Waals surface area contributed by atoms with Crippen molar-refractivity contribution in [1.29, 1.82) is 0 Å². The highest BCUT2D eigenvalue weighted by Gasteiger charge is 2.33. The summed E-state index contributed by atoms with van der Waals surface area (Å²) in [7, 11) is 1.39. The van der Waals surface area contributed by atoms with Crippen molar-refractivity contribution in [2.75, 3.05) is 38.2 Å². The molecule has 1 amide bonds. The van der Waals surface area contributed by atoms with Crippen LogP contribution in [0.4, 0.5) is 5.95 Å². The van der Waals surface area contributed by atoms with Gasteiger partial charge in [0, 0.05) is 51.0 Å². The molecule has 176 valence electrons. The smallest absolute Gasteiger partial charge is 0.337 e. The number of ether oxygens (including phenoxy) is 1. The molecule has 2 aliphatic heterocycles. The molecule has 33 heavy (non-hydrogen) atoms. The zero-order valence-corrected chi connectivity index (χ0v) is 19.3. The third-order valence-electron chi connectivity index (χ3n) is 6.62. The first kappa shape index (κ1) is 23.2. The first-order valence-corrected chi connectivity index (χ1v) is 11.8. The molecule has 8 heteroatoms. The minimum Gasteiger partial charge on any atom is -0.465 e. The number of hydrogen-bond acceptors (Lipinski definition) is 7. The number of rotatable bonds is 9. The standard InChI is InChI=1S/C25H33N5O3/c1-33-24(32)21-7-5-19(6-8-21)16-26-14-11-22-9-10-23(31)30(22)18-20-4-2-15-29(17-20)25-27-12-3-13-28-25/h3,5-8,12-13,20,22,26H,2,4,9-11,14-18H2,1H3/t20-,22-/m1/s1. The van der Waals surface area contributed by atoms with E-state index in [1.165, 1.54) is 7.11 Å². The molecule has 0 spiro atoms. The van der Waals surface area contributed by atoms with Gasteiger partial charge < -0.3 is 19.9 Å². The summed E-state index contributed by atoms with van der Waals surface area (Å²) in [6.07, 6.45) is 8.35. The van der Waals surface area contributed by atoms with E-state index in [-0.39, 0.29) is 11.9 Å². The van der Waals surface area contributed by atoms with Crippen molar-refractivity contribution >= 4 is 17.8 Å². The summed E-state index contributed by atoms with van der Waals surface area (Å²) in [6, 6.07) is 9.59. The largest absolute Gasteiger partial charge is 0.465 e. The van der Waals surface area contributed by atoms with Gasteiger partial charge in [-0.2, -0.15) is 0 Å². The number of likely N-dealkylation sites (tertiary alicyclic amines) is 1. The van der Waals surface area contributed by atoms with E-state index in [0.717, 1.165) is 69.9 Å². The van der Waals surface area contributed by atoms with Crippen molar-refractivity contribution in [2.45, 2.75) is 44.7 Å². The average molecular weight is 452 g/mol. The zero-order valence-electron chi connectivity index (χ0n) is 19.3. The Labute approximate surface area is 195 Å². The van der Waals surface area contributed by atoms with Crippen LogP contribution in [0.25, 0.3) is 0 Å². The van der Waals surface area contributed by atoms with Crippen LogP contribution in [-0.2, 0) is 16.1 Å². The highest BCUT2D eigenvalue weighted by molar-refractivity contribution is 5.89. The number of piperidine rings is 1. The van der Waals surface area contributed by atoms with Gasteiger partial charge in [-0.1, -0.05) is 12.1 Å². The zero-order chi connectivity index (χ0) is 23.0. The second-order valence-corrected chi connectivity index (χ2v) is 8.90. The second kappa shape index (κ2) is 11.2. The molecule has 2 saturated heterocycles. The Balaban J connectivity index is 1.24. The molecule has 4 rings (SSSR count). The van der Waals surface area contributed by atoms with E-state index in [1.54, 1.807) is 24.5 Å². The lowest BCUT2D eigenvalue weighted by molar-refractivity contribution is -0.129. The van der Waals surface area contributed by atoms with Gasteiger partial charge in [-0.25, -0.2) is 14.8 Å². The van der Waals surface area contributed by atoms with Crippen molar-refractivity contribution < 1.29 is 14.3 Å². The molecule has 0 radical (unpaired) electrons. The number of nitrogens with one attached hydrogen (secondary N) is 1. The molecule has 2 fully saturated rings. The van der Waals surface area contributed by atoms with Crippen molar-refractivity contribution in [3.8, 4) is 0 Å². The van der Waals surface area contributed by atoms with E-state index in [9.17, 15) is 9.59 Å². The van der Waals surface area contributed by atoms with Crippen LogP contribution in [0, 0.1) is 5.92 Å². The summed E-state index contributed by atoms with van der Waals surface area (Å²) in [6.45, 7) is 4.28. The van der Waals surface area contributed by atoms with Gasteiger partial charge in [-0.3, -0.25) is 4.79 Å². The summed E-state index contributed by atoms with van der Waals surface area (Å²) >= 11 is 0. The monoisotopic (exact) mass is 451 g/mol. The normalized spacial score (nSPS) is 20.8. The molecular weight excluding hydrogens is 418 g/mol. The van der Waals surface area contributed by atoms with E-state index in [4.69, 9.17) is 4.74 Å². The Morgan fingerprint density at radius 2 is 1.97 bits per heavy atom. The molecule has 2 aromatic rings. The van der Waals surface area contributed by atoms with Crippen molar-refractivity contribution in [3.05, 3.63) is 53.9 Å². The van der Waals surface area contributed by atoms with Crippen LogP contribution in [0.2, 0.25) is 0 Å². The number of hydrogen-bond donors (Lipinski definition) is 1. The molecule has 0 bridgehead atoms. The molecule has 1 aromatic heterocycles. The molecular formula is C25H33N5O3. The molecule has 1 aromatic carbocycles. The number of esters is 1. The Hall–Kier alpha value is -3.00. The number of benzene rings is 1. The van der Waals surface area contributed by atoms with Crippen molar-refractivity contribution in [2.24, 2.45) is 5.92 Å². The maximum atomic E-state index is 12.6. The topological polar surface area (TPSA) is 87.7 Å². The van der Waals surface area contributed by atoms with E-state index in [2.05, 4.69) is 25.1 Å². The lowest BCUT2D eigenvalue weighted by Gasteiger charge is -2.36. The average Bonchev–Trinajstić information content (AvgIpc) is 3.21. The lowest BCUT2D eigenvalue weighted by atomic mass is 9.97. The number of anilines is 1.